The van der Waals surface area contributed by atoms with Gasteiger partial charge in [-0.25, -0.2) is 9.97 Å². The summed E-state index contributed by atoms with van der Waals surface area (Å²) in [5, 5.41) is 5.45. The van der Waals surface area contributed by atoms with E-state index in [4.69, 9.17) is 0 Å². The normalized spacial score (nSPS) is 11.9. The number of hydrogen-bond donors (Lipinski definition) is 1. The molecule has 0 aliphatic carbocycles. The van der Waals surface area contributed by atoms with Crippen molar-refractivity contribution in [2.45, 2.75) is 20.8 Å². The number of rotatable bonds is 3. The molecule has 21 heavy (non-hydrogen) atoms. The summed E-state index contributed by atoms with van der Waals surface area (Å²) in [6.07, 6.45) is 5.10. The van der Waals surface area contributed by atoms with Gasteiger partial charge < -0.3 is 0 Å². The Bertz CT molecular complexity index is 808. The lowest BCUT2D eigenvalue weighted by molar-refractivity contribution is 1.18. The summed E-state index contributed by atoms with van der Waals surface area (Å²) in [7, 11) is 0. The fourth-order valence-corrected chi connectivity index (χ4v) is 3.04. The predicted octanol–water partition coefficient (Wildman–Crippen LogP) is 3.54. The Hall–Kier alpha value is -2.34. The molecule has 0 fully saturated rings. The number of hydrogen-bond acceptors (Lipinski definition) is 6. The fraction of sp³-hybridized carbons (Fsp3) is 0.200. The minimum atomic E-state index is 0.741. The van der Waals surface area contributed by atoms with Crippen LogP contribution in [0.15, 0.2) is 36.0 Å². The van der Waals surface area contributed by atoms with Crippen molar-refractivity contribution in [3.63, 3.8) is 0 Å². The third kappa shape index (κ3) is 2.62. The smallest absolute Gasteiger partial charge is 0.158 e. The number of fused-ring (bicyclic) bond motifs is 1. The molecule has 5 nitrogen and oxygen atoms in total. The van der Waals surface area contributed by atoms with E-state index < -0.39 is 0 Å². The quantitative estimate of drug-likeness (QED) is 0.593. The van der Waals surface area contributed by atoms with Crippen LogP contribution in [-0.4, -0.2) is 20.7 Å². The first-order chi connectivity index (χ1) is 10.2. The van der Waals surface area contributed by atoms with Crippen LogP contribution < -0.4 is 5.43 Å². The molecule has 6 heteroatoms. The fourth-order valence-electron chi connectivity index (χ4n) is 2.05. The maximum absolute atomic E-state index is 4.41. The number of nitrogens with one attached hydrogen (secondary N) is 1. The second-order valence-electron chi connectivity index (χ2n) is 4.74. The lowest BCUT2D eigenvalue weighted by atomic mass is 10.2. The zero-order valence-electron chi connectivity index (χ0n) is 12.1. The van der Waals surface area contributed by atoms with Crippen LogP contribution in [0.25, 0.3) is 10.2 Å². The van der Waals surface area contributed by atoms with E-state index in [0.717, 1.165) is 27.3 Å². The SMILES string of the molecule is C/C(=N/Nc1ncnc2sc(C)c(C)c12)c1cccnc1. The third-order valence-electron chi connectivity index (χ3n) is 3.37. The molecular formula is C15H15N5S. The number of hydrazone groups is 1. The van der Waals surface area contributed by atoms with Crippen LogP contribution in [0.5, 0.6) is 0 Å². The van der Waals surface area contributed by atoms with Crippen molar-refractivity contribution in [2.24, 2.45) is 5.10 Å². The molecule has 3 aromatic rings. The summed E-state index contributed by atoms with van der Waals surface area (Å²) in [5.74, 6) is 0.741. The zero-order chi connectivity index (χ0) is 14.8. The van der Waals surface area contributed by atoms with Gasteiger partial charge in [0.25, 0.3) is 0 Å². The standard InChI is InChI=1S/C15H15N5S/c1-9-11(3)21-15-13(9)14(17-8-18-15)20-19-10(2)12-5-4-6-16-7-12/h4-8H,1-3H3,(H,17,18,20)/b19-10-. The van der Waals surface area contributed by atoms with Crippen LogP contribution in [0.3, 0.4) is 0 Å². The number of pyridine rings is 1. The van der Waals surface area contributed by atoms with E-state index >= 15 is 0 Å². The van der Waals surface area contributed by atoms with Gasteiger partial charge in [0.05, 0.1) is 11.1 Å². The molecule has 0 saturated heterocycles. The summed E-state index contributed by atoms with van der Waals surface area (Å²) in [6.45, 7) is 6.12. The number of aryl methyl sites for hydroxylation is 2. The van der Waals surface area contributed by atoms with Crippen molar-refractivity contribution >= 4 is 33.1 Å². The molecule has 3 rings (SSSR count). The second-order valence-corrected chi connectivity index (χ2v) is 5.94. The topological polar surface area (TPSA) is 63.1 Å². The van der Waals surface area contributed by atoms with E-state index in [1.165, 1.54) is 10.4 Å². The Kier molecular flexibility index (Phi) is 3.62. The van der Waals surface area contributed by atoms with Gasteiger partial charge in [-0.1, -0.05) is 6.07 Å². The van der Waals surface area contributed by atoms with Gasteiger partial charge in [-0.3, -0.25) is 10.4 Å². The molecular weight excluding hydrogens is 282 g/mol. The van der Waals surface area contributed by atoms with E-state index in [0.29, 0.717) is 0 Å². The summed E-state index contributed by atoms with van der Waals surface area (Å²) >= 11 is 1.67. The largest absolute Gasteiger partial charge is 0.264 e. The summed E-state index contributed by atoms with van der Waals surface area (Å²) in [4.78, 5) is 15.0. The van der Waals surface area contributed by atoms with E-state index in [-0.39, 0.29) is 0 Å². The molecule has 0 amide bonds. The zero-order valence-corrected chi connectivity index (χ0v) is 12.9. The minimum absolute atomic E-state index is 0.741. The lowest BCUT2D eigenvalue weighted by Crippen LogP contribution is -2.01. The number of thiophene rings is 1. The maximum Gasteiger partial charge on any atom is 0.158 e. The summed E-state index contributed by atoms with van der Waals surface area (Å²) in [6, 6.07) is 3.87. The molecule has 0 unspecified atom stereocenters. The molecule has 0 aliphatic rings. The van der Waals surface area contributed by atoms with E-state index in [9.17, 15) is 0 Å². The molecule has 3 heterocycles. The highest BCUT2D eigenvalue weighted by atomic mass is 32.1. The molecule has 106 valence electrons. The lowest BCUT2D eigenvalue weighted by Gasteiger charge is -2.04. The Morgan fingerprint density at radius 3 is 2.90 bits per heavy atom. The van der Waals surface area contributed by atoms with Crippen LogP contribution >= 0.6 is 11.3 Å². The molecule has 3 aromatic heterocycles. The van der Waals surface area contributed by atoms with Gasteiger partial charge in [0.15, 0.2) is 5.82 Å². The monoisotopic (exact) mass is 297 g/mol. The number of anilines is 1. The number of nitrogens with zero attached hydrogens (tertiary/aromatic N) is 4. The first-order valence-electron chi connectivity index (χ1n) is 6.58. The highest BCUT2D eigenvalue weighted by Crippen LogP contribution is 2.32. The predicted molar refractivity (Wildman–Crippen MR) is 87.0 cm³/mol. The average molecular weight is 297 g/mol. The highest BCUT2D eigenvalue weighted by molar-refractivity contribution is 7.18. The maximum atomic E-state index is 4.41. The molecule has 0 bridgehead atoms. The van der Waals surface area contributed by atoms with Crippen LogP contribution in [0.2, 0.25) is 0 Å². The van der Waals surface area contributed by atoms with Crippen LogP contribution in [0, 0.1) is 13.8 Å². The second kappa shape index (κ2) is 5.57. The first-order valence-corrected chi connectivity index (χ1v) is 7.40. The van der Waals surface area contributed by atoms with Crippen LogP contribution in [-0.2, 0) is 0 Å². The average Bonchev–Trinajstić information content (AvgIpc) is 2.81. The summed E-state index contributed by atoms with van der Waals surface area (Å²) < 4.78 is 0. The minimum Gasteiger partial charge on any atom is -0.264 e. The molecule has 0 spiro atoms. The Balaban J connectivity index is 1.96. The molecule has 0 radical (unpaired) electrons. The van der Waals surface area contributed by atoms with Crippen molar-refractivity contribution in [1.82, 2.24) is 15.0 Å². The molecule has 0 aromatic carbocycles. The molecule has 0 atom stereocenters. The van der Waals surface area contributed by atoms with Gasteiger partial charge >= 0.3 is 0 Å². The van der Waals surface area contributed by atoms with Gasteiger partial charge in [0, 0.05) is 22.8 Å². The van der Waals surface area contributed by atoms with E-state index in [1.54, 1.807) is 30.1 Å². The number of aromatic nitrogens is 3. The van der Waals surface area contributed by atoms with Crippen molar-refractivity contribution in [3.05, 3.63) is 46.9 Å². The molecule has 0 aliphatic heterocycles. The van der Waals surface area contributed by atoms with Gasteiger partial charge in [-0.05, 0) is 32.4 Å². The Morgan fingerprint density at radius 2 is 2.14 bits per heavy atom. The van der Waals surface area contributed by atoms with E-state index in [2.05, 4.69) is 39.3 Å². The summed E-state index contributed by atoms with van der Waals surface area (Å²) in [5.41, 5.74) is 6.10. The Labute approximate surface area is 126 Å². The third-order valence-corrected chi connectivity index (χ3v) is 4.49. The molecule has 0 saturated carbocycles. The van der Waals surface area contributed by atoms with Crippen LogP contribution in [0.1, 0.15) is 22.9 Å². The van der Waals surface area contributed by atoms with Gasteiger partial charge in [0.2, 0.25) is 0 Å². The van der Waals surface area contributed by atoms with Crippen LogP contribution in [0.4, 0.5) is 5.82 Å². The molecule has 1 N–H and O–H groups in total. The Morgan fingerprint density at radius 1 is 1.29 bits per heavy atom. The van der Waals surface area contributed by atoms with Gasteiger partial charge in [-0.15, -0.1) is 11.3 Å². The van der Waals surface area contributed by atoms with Gasteiger partial charge in [-0.2, -0.15) is 5.10 Å². The van der Waals surface area contributed by atoms with Gasteiger partial charge in [0.1, 0.15) is 11.2 Å². The highest BCUT2D eigenvalue weighted by Gasteiger charge is 2.11. The van der Waals surface area contributed by atoms with Crippen molar-refractivity contribution in [3.8, 4) is 0 Å². The van der Waals surface area contributed by atoms with Crippen molar-refractivity contribution in [2.75, 3.05) is 5.43 Å². The first kappa shape index (κ1) is 13.6. The van der Waals surface area contributed by atoms with Crippen molar-refractivity contribution in [1.29, 1.82) is 0 Å². The van der Waals surface area contributed by atoms with Crippen molar-refractivity contribution < 1.29 is 0 Å². The van der Waals surface area contributed by atoms with E-state index in [1.807, 2.05) is 19.1 Å².